The molecule has 0 bridgehead atoms. The van der Waals surface area contributed by atoms with Crippen LogP contribution in [0, 0.1) is 11.6 Å². The highest BCUT2D eigenvalue weighted by atomic mass is 32.1. The van der Waals surface area contributed by atoms with E-state index in [0.717, 1.165) is 21.0 Å². The fourth-order valence-corrected chi connectivity index (χ4v) is 3.21. The minimum Gasteiger partial charge on any atom is -0.387 e. The van der Waals surface area contributed by atoms with Crippen molar-refractivity contribution in [1.82, 2.24) is 0 Å². The highest BCUT2D eigenvalue weighted by Gasteiger charge is 2.14. The number of aliphatic hydroxyl groups is 1. The molecule has 3 rings (SSSR count). The Hall–Kier alpha value is -1.78. The third-order valence-electron chi connectivity index (χ3n) is 3.20. The summed E-state index contributed by atoms with van der Waals surface area (Å²) >= 11 is 1.49. The van der Waals surface area contributed by atoms with Gasteiger partial charge < -0.3 is 5.11 Å². The molecule has 1 nitrogen and oxygen atoms in total. The number of benzene rings is 2. The molecule has 0 saturated carbocycles. The smallest absolute Gasteiger partial charge is 0.129 e. The normalized spacial score (nSPS) is 12.8. The van der Waals surface area contributed by atoms with Gasteiger partial charge in [0.05, 0.1) is 6.10 Å². The minimum absolute atomic E-state index is 0.138. The molecule has 0 amide bonds. The minimum atomic E-state index is -0.785. The van der Waals surface area contributed by atoms with E-state index in [-0.39, 0.29) is 6.42 Å². The highest BCUT2D eigenvalue weighted by Crippen LogP contribution is 2.31. The summed E-state index contributed by atoms with van der Waals surface area (Å²) in [5.74, 6) is -1.23. The van der Waals surface area contributed by atoms with Crippen molar-refractivity contribution in [1.29, 1.82) is 0 Å². The Morgan fingerprint density at radius 2 is 1.85 bits per heavy atom. The lowest BCUT2D eigenvalue weighted by Crippen LogP contribution is -2.02. The van der Waals surface area contributed by atoms with Gasteiger partial charge in [-0.25, -0.2) is 8.78 Å². The van der Waals surface area contributed by atoms with Crippen molar-refractivity contribution in [3.05, 3.63) is 70.6 Å². The number of hydrogen-bond acceptors (Lipinski definition) is 2. The SMILES string of the molecule is OC(Cc1ccc(F)cc1F)c1cc2ccccc2s1. The predicted molar refractivity (Wildman–Crippen MR) is 76.8 cm³/mol. The maximum atomic E-state index is 13.6. The van der Waals surface area contributed by atoms with Crippen LogP contribution >= 0.6 is 11.3 Å². The van der Waals surface area contributed by atoms with Gasteiger partial charge in [0.2, 0.25) is 0 Å². The molecule has 2 aromatic carbocycles. The Bertz CT molecular complexity index is 718. The first-order valence-corrected chi connectivity index (χ1v) is 7.05. The molecule has 4 heteroatoms. The van der Waals surface area contributed by atoms with E-state index in [9.17, 15) is 13.9 Å². The summed E-state index contributed by atoms with van der Waals surface area (Å²) in [5.41, 5.74) is 0.316. The second-order valence-corrected chi connectivity index (χ2v) is 5.76. The zero-order valence-corrected chi connectivity index (χ0v) is 11.3. The largest absolute Gasteiger partial charge is 0.387 e. The van der Waals surface area contributed by atoms with E-state index >= 15 is 0 Å². The molecule has 3 aromatic rings. The zero-order chi connectivity index (χ0) is 14.1. The van der Waals surface area contributed by atoms with Gasteiger partial charge in [-0.15, -0.1) is 11.3 Å². The van der Waals surface area contributed by atoms with E-state index in [2.05, 4.69) is 0 Å². The first-order valence-electron chi connectivity index (χ1n) is 6.24. The summed E-state index contributed by atoms with van der Waals surface area (Å²) in [6.07, 6.45) is -0.647. The van der Waals surface area contributed by atoms with Gasteiger partial charge in [0, 0.05) is 22.1 Å². The molecule has 1 unspecified atom stereocenters. The molecular weight excluding hydrogens is 278 g/mol. The van der Waals surface area contributed by atoms with E-state index in [0.29, 0.717) is 5.56 Å². The molecule has 0 fully saturated rings. The predicted octanol–water partition coefficient (Wildman–Crippen LogP) is 4.46. The van der Waals surface area contributed by atoms with Gasteiger partial charge in [-0.05, 0) is 29.1 Å². The number of fused-ring (bicyclic) bond motifs is 1. The third-order valence-corrected chi connectivity index (χ3v) is 4.42. The van der Waals surface area contributed by atoms with Gasteiger partial charge in [-0.1, -0.05) is 24.3 Å². The molecule has 1 N–H and O–H groups in total. The molecule has 102 valence electrons. The Balaban J connectivity index is 1.86. The summed E-state index contributed by atoms with van der Waals surface area (Å²) in [5, 5.41) is 11.3. The fraction of sp³-hybridized carbons (Fsp3) is 0.125. The van der Waals surface area contributed by atoms with Crippen molar-refractivity contribution in [2.45, 2.75) is 12.5 Å². The zero-order valence-electron chi connectivity index (χ0n) is 10.5. The number of rotatable bonds is 3. The van der Waals surface area contributed by atoms with Crippen LogP contribution in [0.25, 0.3) is 10.1 Å². The van der Waals surface area contributed by atoms with Gasteiger partial charge in [0.1, 0.15) is 11.6 Å². The third kappa shape index (κ3) is 2.57. The van der Waals surface area contributed by atoms with E-state index in [1.807, 2.05) is 30.3 Å². The first kappa shape index (κ1) is 13.2. The standard InChI is InChI=1S/C16H12F2OS/c17-12-6-5-10(13(18)9-12)7-14(19)16-8-11-3-1-2-4-15(11)20-16/h1-6,8-9,14,19H,7H2. The number of hydrogen-bond donors (Lipinski definition) is 1. The van der Waals surface area contributed by atoms with Crippen LogP contribution in [0.3, 0.4) is 0 Å². The molecule has 1 heterocycles. The summed E-state index contributed by atoms with van der Waals surface area (Å²) in [6, 6.07) is 13.2. The fourth-order valence-electron chi connectivity index (χ4n) is 2.16. The lowest BCUT2D eigenvalue weighted by molar-refractivity contribution is 0.181. The average molecular weight is 290 g/mol. The van der Waals surface area contributed by atoms with Crippen molar-refractivity contribution in [2.24, 2.45) is 0 Å². The van der Waals surface area contributed by atoms with Gasteiger partial charge in [0.15, 0.2) is 0 Å². The molecule has 0 aliphatic carbocycles. The van der Waals surface area contributed by atoms with E-state index in [1.54, 1.807) is 0 Å². The Morgan fingerprint density at radius 1 is 1.05 bits per heavy atom. The topological polar surface area (TPSA) is 20.2 Å². The average Bonchev–Trinajstić information content (AvgIpc) is 2.86. The van der Waals surface area contributed by atoms with Crippen molar-refractivity contribution in [2.75, 3.05) is 0 Å². The van der Waals surface area contributed by atoms with Crippen LogP contribution in [-0.2, 0) is 6.42 Å². The van der Waals surface area contributed by atoms with Crippen molar-refractivity contribution >= 4 is 21.4 Å². The van der Waals surface area contributed by atoms with Crippen LogP contribution in [0.2, 0.25) is 0 Å². The van der Waals surface area contributed by atoms with Crippen molar-refractivity contribution < 1.29 is 13.9 Å². The molecule has 20 heavy (non-hydrogen) atoms. The summed E-state index contributed by atoms with van der Waals surface area (Å²) in [6.45, 7) is 0. The number of halogens is 2. The Morgan fingerprint density at radius 3 is 2.60 bits per heavy atom. The van der Waals surface area contributed by atoms with E-state index in [1.165, 1.54) is 23.5 Å². The molecular formula is C16H12F2OS. The molecule has 0 saturated heterocycles. The van der Waals surface area contributed by atoms with E-state index in [4.69, 9.17) is 0 Å². The molecule has 0 radical (unpaired) electrons. The van der Waals surface area contributed by atoms with Crippen LogP contribution in [0.5, 0.6) is 0 Å². The molecule has 1 atom stereocenters. The number of thiophene rings is 1. The summed E-state index contributed by atoms with van der Waals surface area (Å²) in [7, 11) is 0. The molecule has 0 aliphatic rings. The first-order chi connectivity index (χ1) is 9.63. The molecule has 1 aromatic heterocycles. The lowest BCUT2D eigenvalue weighted by Gasteiger charge is -2.09. The second-order valence-electron chi connectivity index (χ2n) is 4.64. The highest BCUT2D eigenvalue weighted by molar-refractivity contribution is 7.19. The van der Waals surface area contributed by atoms with Gasteiger partial charge in [0.25, 0.3) is 0 Å². The maximum Gasteiger partial charge on any atom is 0.129 e. The maximum absolute atomic E-state index is 13.6. The Kier molecular flexibility index (Phi) is 3.51. The number of aliphatic hydroxyl groups excluding tert-OH is 1. The van der Waals surface area contributed by atoms with Crippen LogP contribution in [0.1, 0.15) is 16.5 Å². The molecule has 0 spiro atoms. The van der Waals surface area contributed by atoms with E-state index < -0.39 is 17.7 Å². The monoisotopic (exact) mass is 290 g/mol. The van der Waals surface area contributed by atoms with Crippen molar-refractivity contribution in [3.63, 3.8) is 0 Å². The van der Waals surface area contributed by atoms with Crippen LogP contribution in [-0.4, -0.2) is 5.11 Å². The lowest BCUT2D eigenvalue weighted by atomic mass is 10.1. The van der Waals surface area contributed by atoms with Crippen LogP contribution in [0.15, 0.2) is 48.5 Å². The summed E-state index contributed by atoms with van der Waals surface area (Å²) < 4.78 is 27.5. The summed E-state index contributed by atoms with van der Waals surface area (Å²) in [4.78, 5) is 0.787. The van der Waals surface area contributed by atoms with Crippen LogP contribution in [0.4, 0.5) is 8.78 Å². The molecule has 0 aliphatic heterocycles. The van der Waals surface area contributed by atoms with Gasteiger partial charge >= 0.3 is 0 Å². The second kappa shape index (κ2) is 5.31. The van der Waals surface area contributed by atoms with Gasteiger partial charge in [-0.2, -0.15) is 0 Å². The van der Waals surface area contributed by atoms with Gasteiger partial charge in [-0.3, -0.25) is 0 Å². The van der Waals surface area contributed by atoms with Crippen molar-refractivity contribution in [3.8, 4) is 0 Å². The quantitative estimate of drug-likeness (QED) is 0.755. The van der Waals surface area contributed by atoms with Crippen LogP contribution < -0.4 is 0 Å². The Labute approximate surface area is 119 Å².